The molecule has 9 atom stereocenters. The predicted molar refractivity (Wildman–Crippen MR) is 209 cm³/mol. The van der Waals surface area contributed by atoms with Crippen LogP contribution in [0.25, 0.3) is 5.57 Å². The minimum absolute atomic E-state index is 0.00133. The number of nitrogens with one attached hydrogen (secondary N) is 1. The summed E-state index contributed by atoms with van der Waals surface area (Å²) < 4.78 is 27.9. The molecule has 17 heteroatoms. The van der Waals surface area contributed by atoms with E-state index in [0.717, 1.165) is 27.0 Å². The molecule has 4 bridgehead atoms. The van der Waals surface area contributed by atoms with Crippen LogP contribution in [0.1, 0.15) is 83.8 Å². The van der Waals surface area contributed by atoms with Gasteiger partial charge in [0, 0.05) is 48.0 Å². The maximum atomic E-state index is 14.0. The molecule has 0 saturated heterocycles. The number of carbonyl (C=O) groups is 5. The molecule has 1 aromatic rings. The van der Waals surface area contributed by atoms with E-state index >= 15 is 0 Å². The highest BCUT2D eigenvalue weighted by atomic mass is 16.7. The number of anilines is 1. The molecule has 0 spiro atoms. The lowest BCUT2D eigenvalue weighted by Gasteiger charge is -2.41. The van der Waals surface area contributed by atoms with Crippen molar-refractivity contribution in [3.63, 3.8) is 0 Å². The first-order valence-corrected chi connectivity index (χ1v) is 18.8. The van der Waals surface area contributed by atoms with Gasteiger partial charge in [-0.2, -0.15) is 0 Å². The molecule has 3 heterocycles. The molecule has 1 aliphatic carbocycles. The molecule has 0 radical (unpaired) electrons. The number of hydrogen-bond donors (Lipinski definition) is 7. The summed E-state index contributed by atoms with van der Waals surface area (Å²) in [5.41, 5.74) is -5.03. The van der Waals surface area contributed by atoms with Crippen molar-refractivity contribution in [3.05, 3.63) is 69.2 Å². The number of Topliss-reactive ketones (excluding diaryl/α,β-unsaturated/α-hetero) is 1. The summed E-state index contributed by atoms with van der Waals surface area (Å²) in [5, 5.41) is 72.5. The normalized spacial score (nSPS) is 30.7. The molecule has 0 aromatic heterocycles. The number of aromatic hydroxyl groups is 1. The number of benzene rings is 1. The van der Waals surface area contributed by atoms with E-state index in [9.17, 15) is 54.6 Å². The quantitative estimate of drug-likeness (QED) is 0.131. The van der Waals surface area contributed by atoms with Gasteiger partial charge in [0.25, 0.3) is 5.91 Å². The number of hydrogen-bond acceptors (Lipinski definition) is 16. The molecular formula is C42H53NO16. The zero-order valence-corrected chi connectivity index (χ0v) is 34.8. The molecular weight excluding hydrogens is 774 g/mol. The minimum Gasteiger partial charge on any atom is -0.505 e. The van der Waals surface area contributed by atoms with Crippen LogP contribution in [0.15, 0.2) is 52.5 Å². The number of ketones is 1. The highest BCUT2D eigenvalue weighted by Crippen LogP contribution is 2.53. The van der Waals surface area contributed by atoms with E-state index in [1.54, 1.807) is 0 Å². The van der Waals surface area contributed by atoms with E-state index in [1.165, 1.54) is 73.6 Å². The van der Waals surface area contributed by atoms with E-state index in [0.29, 0.717) is 0 Å². The summed E-state index contributed by atoms with van der Waals surface area (Å²) in [6, 6.07) is 0. The van der Waals surface area contributed by atoms with Crippen LogP contribution in [0.4, 0.5) is 5.69 Å². The Hall–Kier alpha value is -5.33. The Morgan fingerprint density at radius 3 is 2.03 bits per heavy atom. The summed E-state index contributed by atoms with van der Waals surface area (Å²) >= 11 is 0. The van der Waals surface area contributed by atoms with Gasteiger partial charge in [-0.1, -0.05) is 32.1 Å². The van der Waals surface area contributed by atoms with Gasteiger partial charge in [-0.05, 0) is 53.2 Å². The van der Waals surface area contributed by atoms with Gasteiger partial charge < -0.3 is 59.6 Å². The monoisotopic (exact) mass is 827 g/mol. The summed E-state index contributed by atoms with van der Waals surface area (Å²) in [7, 11) is 1.01. The summed E-state index contributed by atoms with van der Waals surface area (Å²) in [5.74, 6) is -9.89. The first kappa shape index (κ1) is 46.4. The zero-order chi connectivity index (χ0) is 44.6. The third kappa shape index (κ3) is 8.99. The standard InChI is InChI=1S/C42H53NO16/c1-17-13-12-14-41(9,53)37(49)21(5)31(47)28(40(52)55-11)36(59-24(8)45)22(6)38(50)42(10,54)15-18(2)33-27-25-26(30(46)20(4)34(27)57-16-56-33)32(48)29(43-39(17)51)19(3)35(25)58-23(7)44/h12-15,21-22,28,31,36-38,47-50,53-54H,16H2,1-11H3,(H,43,51)/t21-,22-,28+,31+,36+,37-,38+,41+,42-/m0/s1. The molecule has 7 N–H and O–H groups in total. The number of fused-ring (bicyclic) bond motifs is 14. The number of rotatable bonds is 3. The maximum absolute atomic E-state index is 14.0. The van der Waals surface area contributed by atoms with Gasteiger partial charge in [0.1, 0.15) is 40.5 Å². The van der Waals surface area contributed by atoms with Crippen molar-refractivity contribution in [2.45, 2.75) is 105 Å². The number of phenolic OH excluding ortho intramolecular Hbond substituents is 1. The number of amides is 1. The number of phenols is 1. The van der Waals surface area contributed by atoms with Gasteiger partial charge in [-0.3, -0.25) is 24.0 Å². The molecule has 1 amide bonds. The summed E-state index contributed by atoms with van der Waals surface area (Å²) in [6.07, 6.45) is -2.49. The van der Waals surface area contributed by atoms with Crippen LogP contribution in [0.3, 0.4) is 0 Å². The Morgan fingerprint density at radius 2 is 1.46 bits per heavy atom. The van der Waals surface area contributed by atoms with Gasteiger partial charge >= 0.3 is 17.9 Å². The second-order valence-corrected chi connectivity index (χ2v) is 15.6. The largest absolute Gasteiger partial charge is 0.505 e. The molecule has 59 heavy (non-hydrogen) atoms. The highest BCUT2D eigenvalue weighted by Gasteiger charge is 2.50. The third-order valence-electron chi connectivity index (χ3n) is 10.9. The topological polar surface area (TPSA) is 265 Å². The first-order chi connectivity index (χ1) is 27.3. The lowest BCUT2D eigenvalue weighted by atomic mass is 9.74. The second-order valence-electron chi connectivity index (χ2n) is 15.6. The van der Waals surface area contributed by atoms with E-state index in [1.807, 2.05) is 0 Å². The van der Waals surface area contributed by atoms with Gasteiger partial charge in [-0.15, -0.1) is 0 Å². The molecule has 0 saturated carbocycles. The fourth-order valence-corrected chi connectivity index (χ4v) is 7.66. The average molecular weight is 828 g/mol. The van der Waals surface area contributed by atoms with Crippen molar-refractivity contribution in [2.75, 3.05) is 19.2 Å². The van der Waals surface area contributed by atoms with Crippen molar-refractivity contribution in [2.24, 2.45) is 17.8 Å². The number of aliphatic hydroxyl groups excluding tert-OH is 3. The SMILES string of the molecule is COC(=O)[C@@H]1[C@H](O)[C@H](C)[C@H](O)[C@](C)(O)C=CC=C(C)C(=O)Nc2c(C)c(OC(C)=O)c3c(c2O)C(=O)C(C)=C2OCOC(=C23)C(C)=C[C@](C)(O)[C@H](O)[C@@H](C)[C@H]1OC(C)=O. The number of methoxy groups -OCH3 is 1. The van der Waals surface area contributed by atoms with Crippen molar-refractivity contribution in [3.8, 4) is 11.5 Å². The molecule has 1 aromatic carbocycles. The van der Waals surface area contributed by atoms with Crippen molar-refractivity contribution >= 4 is 40.9 Å². The van der Waals surface area contributed by atoms with Crippen LogP contribution in [0.5, 0.6) is 11.5 Å². The van der Waals surface area contributed by atoms with Crippen LogP contribution in [-0.4, -0.2) is 110 Å². The van der Waals surface area contributed by atoms with Crippen LogP contribution in [0.2, 0.25) is 0 Å². The minimum atomic E-state index is -2.26. The third-order valence-corrected chi connectivity index (χ3v) is 10.9. The molecule has 0 unspecified atom stereocenters. The van der Waals surface area contributed by atoms with Gasteiger partial charge in [-0.25, -0.2) is 0 Å². The highest BCUT2D eigenvalue weighted by molar-refractivity contribution is 6.21. The Kier molecular flexibility index (Phi) is 13.7. The van der Waals surface area contributed by atoms with Crippen LogP contribution in [0, 0.1) is 24.7 Å². The second kappa shape index (κ2) is 17.5. The number of ether oxygens (including phenoxy) is 5. The number of esters is 3. The Labute approximate surface area is 341 Å². The predicted octanol–water partition coefficient (Wildman–Crippen LogP) is 2.79. The maximum Gasteiger partial charge on any atom is 0.315 e. The Balaban J connectivity index is 2.12. The van der Waals surface area contributed by atoms with Crippen LogP contribution >= 0.6 is 0 Å². The van der Waals surface area contributed by atoms with E-state index in [-0.39, 0.29) is 61.9 Å². The van der Waals surface area contributed by atoms with Crippen molar-refractivity contribution in [1.29, 1.82) is 0 Å². The van der Waals surface area contributed by atoms with Crippen LogP contribution < -0.4 is 10.1 Å². The Morgan fingerprint density at radius 1 is 0.864 bits per heavy atom. The molecule has 3 aliphatic heterocycles. The Bertz CT molecular complexity index is 2090. The zero-order valence-electron chi connectivity index (χ0n) is 34.8. The number of allylic oxidation sites excluding steroid dienone is 5. The molecule has 0 fully saturated rings. The molecule has 17 nitrogen and oxygen atoms in total. The number of carbonyl (C=O) groups excluding carboxylic acids is 5. The number of aliphatic hydroxyl groups is 5. The summed E-state index contributed by atoms with van der Waals surface area (Å²) in [4.78, 5) is 66.1. The van der Waals surface area contributed by atoms with Crippen molar-refractivity contribution < 1.29 is 78.3 Å². The lowest BCUT2D eigenvalue weighted by molar-refractivity contribution is -0.183. The fraction of sp³-hybridized carbons (Fsp3) is 0.500. The van der Waals surface area contributed by atoms with Gasteiger partial charge in [0.15, 0.2) is 11.5 Å². The van der Waals surface area contributed by atoms with Gasteiger partial charge in [0.2, 0.25) is 6.79 Å². The van der Waals surface area contributed by atoms with Crippen molar-refractivity contribution in [1.82, 2.24) is 0 Å². The molecule has 322 valence electrons. The lowest BCUT2D eigenvalue weighted by Crippen LogP contribution is -2.55. The first-order valence-electron chi connectivity index (χ1n) is 18.8. The van der Waals surface area contributed by atoms with E-state index in [4.69, 9.17) is 23.7 Å². The smallest absolute Gasteiger partial charge is 0.315 e. The van der Waals surface area contributed by atoms with E-state index in [2.05, 4.69) is 5.32 Å². The van der Waals surface area contributed by atoms with Crippen LogP contribution in [-0.2, 0) is 38.1 Å². The van der Waals surface area contributed by atoms with E-state index < -0.39 is 95.5 Å². The molecule has 4 aliphatic rings. The fourth-order valence-electron chi connectivity index (χ4n) is 7.66. The average Bonchev–Trinajstić information content (AvgIpc) is 3.16. The van der Waals surface area contributed by atoms with Gasteiger partial charge in [0.05, 0.1) is 42.2 Å². The molecule has 5 rings (SSSR count). The summed E-state index contributed by atoms with van der Waals surface area (Å²) in [6.45, 7) is 12.5.